The van der Waals surface area contributed by atoms with Gasteiger partial charge < -0.3 is 15.0 Å². The summed E-state index contributed by atoms with van der Waals surface area (Å²) in [6, 6.07) is 7.06. The molecule has 0 radical (unpaired) electrons. The van der Waals surface area contributed by atoms with E-state index in [2.05, 4.69) is 5.32 Å². The number of carbonyl (C=O) groups is 2. The van der Waals surface area contributed by atoms with Crippen LogP contribution in [-0.2, 0) is 9.59 Å². The van der Waals surface area contributed by atoms with Crippen LogP contribution in [0.15, 0.2) is 24.3 Å². The van der Waals surface area contributed by atoms with Crippen LogP contribution in [0.4, 0.5) is 0 Å². The lowest BCUT2D eigenvalue weighted by atomic mass is 10.0. The minimum Gasteiger partial charge on any atom is -0.481 e. The van der Waals surface area contributed by atoms with E-state index in [1.807, 2.05) is 4.90 Å². The maximum absolute atomic E-state index is 12.3. The van der Waals surface area contributed by atoms with Crippen LogP contribution in [0.3, 0.4) is 0 Å². The highest BCUT2D eigenvalue weighted by atomic mass is 35.5. The van der Waals surface area contributed by atoms with E-state index in [4.69, 9.17) is 16.3 Å². The third-order valence-electron chi connectivity index (χ3n) is 4.58. The molecule has 3 rings (SSSR count). The van der Waals surface area contributed by atoms with Crippen molar-refractivity contribution in [2.45, 2.75) is 44.8 Å². The molecular formula is C18H23ClN2O3. The third kappa shape index (κ3) is 4.41. The number of halogens is 1. The Bertz CT molecular complexity index is 593. The number of rotatable bonds is 5. The number of carbonyl (C=O) groups excluding carboxylic acids is 2. The van der Waals surface area contributed by atoms with Gasteiger partial charge in [0.2, 0.25) is 5.91 Å². The van der Waals surface area contributed by atoms with Crippen LogP contribution in [-0.4, -0.2) is 41.9 Å². The first kappa shape index (κ1) is 17.1. The van der Waals surface area contributed by atoms with Gasteiger partial charge in [0.1, 0.15) is 5.75 Å². The lowest BCUT2D eigenvalue weighted by Gasteiger charge is -2.33. The smallest absolute Gasteiger partial charge is 0.260 e. The second-order valence-electron chi connectivity index (χ2n) is 6.60. The molecule has 1 aromatic carbocycles. The highest BCUT2D eigenvalue weighted by Gasteiger charge is 2.35. The van der Waals surface area contributed by atoms with E-state index in [1.54, 1.807) is 31.2 Å². The lowest BCUT2D eigenvalue weighted by Crippen LogP contribution is -2.49. The zero-order chi connectivity index (χ0) is 17.1. The van der Waals surface area contributed by atoms with Crippen molar-refractivity contribution in [2.75, 3.05) is 13.1 Å². The van der Waals surface area contributed by atoms with Crippen molar-refractivity contribution >= 4 is 23.4 Å². The average Bonchev–Trinajstić information content (AvgIpc) is 3.42. The van der Waals surface area contributed by atoms with Crippen molar-refractivity contribution < 1.29 is 14.3 Å². The summed E-state index contributed by atoms with van der Waals surface area (Å²) in [6.45, 7) is 3.19. The van der Waals surface area contributed by atoms with Gasteiger partial charge in [0, 0.05) is 30.1 Å². The van der Waals surface area contributed by atoms with Crippen LogP contribution in [0.1, 0.15) is 32.6 Å². The monoisotopic (exact) mass is 350 g/mol. The predicted octanol–water partition coefficient (Wildman–Crippen LogP) is 2.62. The highest BCUT2D eigenvalue weighted by Crippen LogP contribution is 2.31. The topological polar surface area (TPSA) is 58.6 Å². The molecule has 1 saturated heterocycles. The molecule has 1 aromatic rings. The molecule has 1 atom stereocenters. The van der Waals surface area contributed by atoms with E-state index in [1.165, 1.54) is 0 Å². The second-order valence-corrected chi connectivity index (χ2v) is 7.03. The molecule has 1 unspecified atom stereocenters. The standard InChI is InChI=1S/C18H23ClN2O3/c1-12(24-16-6-4-14(19)5-7-16)17(22)20-15-8-10-21(11-9-15)18(23)13-2-3-13/h4-7,12-13,15H,2-3,8-11H2,1H3,(H,20,22). The Hall–Kier alpha value is -1.75. The van der Waals surface area contributed by atoms with Gasteiger partial charge in [-0.15, -0.1) is 0 Å². The first-order valence-corrected chi connectivity index (χ1v) is 8.92. The number of nitrogens with one attached hydrogen (secondary N) is 1. The van der Waals surface area contributed by atoms with Crippen LogP contribution < -0.4 is 10.1 Å². The van der Waals surface area contributed by atoms with E-state index in [0.29, 0.717) is 16.7 Å². The van der Waals surface area contributed by atoms with Gasteiger partial charge in [-0.25, -0.2) is 0 Å². The minimum absolute atomic E-state index is 0.108. The molecule has 1 aliphatic heterocycles. The van der Waals surface area contributed by atoms with Crippen molar-refractivity contribution in [1.29, 1.82) is 0 Å². The van der Waals surface area contributed by atoms with Crippen LogP contribution >= 0.6 is 11.6 Å². The van der Waals surface area contributed by atoms with Crippen LogP contribution in [0.25, 0.3) is 0 Å². The molecule has 24 heavy (non-hydrogen) atoms. The molecule has 1 N–H and O–H groups in total. The Morgan fingerprint density at radius 2 is 1.79 bits per heavy atom. The Morgan fingerprint density at radius 1 is 1.17 bits per heavy atom. The maximum Gasteiger partial charge on any atom is 0.260 e. The number of hydrogen-bond donors (Lipinski definition) is 1. The number of likely N-dealkylation sites (tertiary alicyclic amines) is 1. The van der Waals surface area contributed by atoms with Crippen LogP contribution in [0.5, 0.6) is 5.75 Å². The summed E-state index contributed by atoms with van der Waals surface area (Å²) in [5, 5.41) is 3.66. The molecule has 0 bridgehead atoms. The SMILES string of the molecule is CC(Oc1ccc(Cl)cc1)C(=O)NC1CCN(C(=O)C2CC2)CC1. The molecule has 130 valence electrons. The molecule has 2 aliphatic rings. The number of hydrogen-bond acceptors (Lipinski definition) is 3. The van der Waals surface area contributed by atoms with Crippen molar-refractivity contribution in [3.05, 3.63) is 29.3 Å². The van der Waals surface area contributed by atoms with Gasteiger partial charge in [-0.1, -0.05) is 11.6 Å². The van der Waals surface area contributed by atoms with E-state index in [9.17, 15) is 9.59 Å². The molecule has 2 amide bonds. The van der Waals surface area contributed by atoms with Crippen molar-refractivity contribution in [2.24, 2.45) is 5.92 Å². The van der Waals surface area contributed by atoms with Crippen LogP contribution in [0, 0.1) is 5.92 Å². The summed E-state index contributed by atoms with van der Waals surface area (Å²) in [4.78, 5) is 26.2. The van der Waals surface area contributed by atoms with Gasteiger partial charge in [0.25, 0.3) is 5.91 Å². The number of nitrogens with zero attached hydrogens (tertiary/aromatic N) is 1. The largest absolute Gasteiger partial charge is 0.481 e. The van der Waals surface area contributed by atoms with Gasteiger partial charge in [-0.3, -0.25) is 9.59 Å². The van der Waals surface area contributed by atoms with Gasteiger partial charge >= 0.3 is 0 Å². The fourth-order valence-corrected chi connectivity index (χ4v) is 3.05. The van der Waals surface area contributed by atoms with Crippen molar-refractivity contribution in [3.8, 4) is 5.75 Å². The molecular weight excluding hydrogens is 328 g/mol. The highest BCUT2D eigenvalue weighted by molar-refractivity contribution is 6.30. The molecule has 1 heterocycles. The predicted molar refractivity (Wildman–Crippen MR) is 92.0 cm³/mol. The van der Waals surface area contributed by atoms with Crippen molar-refractivity contribution in [1.82, 2.24) is 10.2 Å². The summed E-state index contributed by atoms with van der Waals surface area (Å²) >= 11 is 5.83. The molecule has 6 heteroatoms. The van der Waals surface area contributed by atoms with E-state index < -0.39 is 6.10 Å². The fourth-order valence-electron chi connectivity index (χ4n) is 2.92. The van der Waals surface area contributed by atoms with Crippen molar-refractivity contribution in [3.63, 3.8) is 0 Å². The van der Waals surface area contributed by atoms with E-state index in [0.717, 1.165) is 38.8 Å². The molecule has 0 spiro atoms. The zero-order valence-corrected chi connectivity index (χ0v) is 14.6. The average molecular weight is 351 g/mol. The Kier molecular flexibility index (Phi) is 5.29. The molecule has 1 aliphatic carbocycles. The minimum atomic E-state index is -0.572. The number of benzene rings is 1. The zero-order valence-electron chi connectivity index (χ0n) is 13.8. The summed E-state index contributed by atoms with van der Waals surface area (Å²) < 4.78 is 5.64. The van der Waals surface area contributed by atoms with Gasteiger partial charge in [0.05, 0.1) is 0 Å². The van der Waals surface area contributed by atoms with E-state index >= 15 is 0 Å². The lowest BCUT2D eigenvalue weighted by molar-refractivity contribution is -0.134. The Morgan fingerprint density at radius 3 is 2.38 bits per heavy atom. The Labute approximate surface area is 147 Å². The molecule has 0 aromatic heterocycles. The first-order valence-electron chi connectivity index (χ1n) is 8.54. The fraction of sp³-hybridized carbons (Fsp3) is 0.556. The van der Waals surface area contributed by atoms with Crippen LogP contribution in [0.2, 0.25) is 5.02 Å². The third-order valence-corrected chi connectivity index (χ3v) is 4.83. The number of amides is 2. The van der Waals surface area contributed by atoms with E-state index in [-0.39, 0.29) is 17.9 Å². The normalized spacial score (nSPS) is 19.7. The number of piperidine rings is 1. The number of ether oxygens (including phenoxy) is 1. The second kappa shape index (κ2) is 7.43. The summed E-state index contributed by atoms with van der Waals surface area (Å²) in [7, 11) is 0. The molecule has 5 nitrogen and oxygen atoms in total. The molecule has 1 saturated carbocycles. The van der Waals surface area contributed by atoms with Gasteiger partial charge in [-0.05, 0) is 56.9 Å². The van der Waals surface area contributed by atoms with Gasteiger partial charge in [0.15, 0.2) is 6.10 Å². The Balaban J connectivity index is 1.43. The maximum atomic E-state index is 12.3. The quantitative estimate of drug-likeness (QED) is 0.888. The summed E-state index contributed by atoms with van der Waals surface area (Å²) in [6.07, 6.45) is 3.11. The summed E-state index contributed by atoms with van der Waals surface area (Å²) in [5.74, 6) is 1.05. The molecule has 2 fully saturated rings. The first-order chi connectivity index (χ1) is 11.5. The van der Waals surface area contributed by atoms with Gasteiger partial charge in [-0.2, -0.15) is 0 Å². The summed E-state index contributed by atoms with van der Waals surface area (Å²) in [5.41, 5.74) is 0.